The van der Waals surface area contributed by atoms with Crippen LogP contribution in [0.1, 0.15) is 15.9 Å². The van der Waals surface area contributed by atoms with Crippen LogP contribution in [0.5, 0.6) is 0 Å². The third-order valence-corrected chi connectivity index (χ3v) is 1.51. The van der Waals surface area contributed by atoms with E-state index < -0.39 is 0 Å². The molecule has 0 aliphatic rings. The van der Waals surface area contributed by atoms with Gasteiger partial charge in [0.15, 0.2) is 6.29 Å². The molecule has 0 unspecified atom stereocenters. The lowest BCUT2D eigenvalue weighted by Gasteiger charge is -1.87. The van der Waals surface area contributed by atoms with Crippen molar-refractivity contribution in [3.63, 3.8) is 0 Å². The van der Waals surface area contributed by atoms with Crippen molar-refractivity contribution in [3.8, 4) is 0 Å². The van der Waals surface area contributed by atoms with Gasteiger partial charge in [-0.2, -0.15) is 0 Å². The molecule has 0 bridgehead atoms. The van der Waals surface area contributed by atoms with Crippen LogP contribution in [0.25, 0.3) is 0 Å². The molecule has 0 radical (unpaired) electrons. The number of aliphatic hydroxyl groups excluding tert-OH is 1. The summed E-state index contributed by atoms with van der Waals surface area (Å²) < 4.78 is 0. The van der Waals surface area contributed by atoms with Gasteiger partial charge in [0.05, 0.1) is 12.2 Å². The number of hydrogen-bond acceptors (Lipinski definition) is 6. The smallest absolute Gasteiger partial charge is 0.153 e. The minimum Gasteiger partial charge on any atom is -0.392 e. The van der Waals surface area contributed by atoms with Crippen LogP contribution in [0.4, 0.5) is 0 Å². The van der Waals surface area contributed by atoms with Crippen molar-refractivity contribution in [2.75, 3.05) is 0 Å². The van der Waals surface area contributed by atoms with E-state index in [2.05, 4.69) is 19.9 Å². The highest BCUT2D eigenvalue weighted by Crippen LogP contribution is 1.88. The van der Waals surface area contributed by atoms with Crippen LogP contribution in [0.15, 0.2) is 37.4 Å². The maximum absolute atomic E-state index is 9.93. The first-order chi connectivity index (χ1) is 7.86. The second-order valence-electron chi connectivity index (χ2n) is 2.69. The van der Waals surface area contributed by atoms with E-state index in [-0.39, 0.29) is 6.61 Å². The molecule has 16 heavy (non-hydrogen) atoms. The third-order valence-electron chi connectivity index (χ3n) is 1.51. The third kappa shape index (κ3) is 4.34. The molecular formula is C10H10N4O2. The summed E-state index contributed by atoms with van der Waals surface area (Å²) in [4.78, 5) is 24.5. The second-order valence-corrected chi connectivity index (χ2v) is 2.69. The second kappa shape index (κ2) is 7.13. The molecule has 0 aromatic carbocycles. The average Bonchev–Trinajstić information content (AvgIpc) is 2.41. The monoisotopic (exact) mass is 218 g/mol. The van der Waals surface area contributed by atoms with Crippen molar-refractivity contribution < 1.29 is 9.90 Å². The molecule has 0 saturated heterocycles. The zero-order valence-corrected chi connectivity index (χ0v) is 8.39. The molecule has 6 heteroatoms. The van der Waals surface area contributed by atoms with E-state index in [4.69, 9.17) is 5.11 Å². The van der Waals surface area contributed by atoms with Crippen molar-refractivity contribution in [1.82, 2.24) is 19.9 Å². The van der Waals surface area contributed by atoms with Crippen LogP contribution in [-0.2, 0) is 6.61 Å². The molecule has 2 rings (SSSR count). The molecule has 2 heterocycles. The van der Waals surface area contributed by atoms with Gasteiger partial charge in [-0.3, -0.25) is 4.79 Å². The zero-order valence-electron chi connectivity index (χ0n) is 8.39. The van der Waals surface area contributed by atoms with Crippen LogP contribution in [0, 0.1) is 0 Å². The van der Waals surface area contributed by atoms with E-state index in [0.29, 0.717) is 11.8 Å². The number of rotatable bonds is 2. The highest BCUT2D eigenvalue weighted by atomic mass is 16.3. The standard InChI is InChI=1S/C5H6N2O.C5H4N2O/c2*8-3-5-1-6-4-7-2-5/h1-2,4,8H,3H2;1-4H. The Morgan fingerprint density at radius 1 is 1.00 bits per heavy atom. The first kappa shape index (κ1) is 11.9. The van der Waals surface area contributed by atoms with Gasteiger partial charge in [-0.1, -0.05) is 0 Å². The van der Waals surface area contributed by atoms with E-state index in [0.717, 1.165) is 5.56 Å². The Hall–Kier alpha value is -2.21. The average molecular weight is 218 g/mol. The Morgan fingerprint density at radius 3 is 1.81 bits per heavy atom. The summed E-state index contributed by atoms with van der Waals surface area (Å²) in [6, 6.07) is 0. The lowest BCUT2D eigenvalue weighted by atomic mass is 10.4. The molecule has 0 atom stereocenters. The van der Waals surface area contributed by atoms with Crippen molar-refractivity contribution in [3.05, 3.63) is 48.6 Å². The molecule has 0 aliphatic carbocycles. The van der Waals surface area contributed by atoms with Crippen LogP contribution < -0.4 is 0 Å². The molecule has 0 fully saturated rings. The fraction of sp³-hybridized carbons (Fsp3) is 0.100. The number of carbonyl (C=O) groups is 1. The van der Waals surface area contributed by atoms with Crippen LogP contribution in [-0.4, -0.2) is 31.3 Å². The lowest BCUT2D eigenvalue weighted by molar-refractivity contribution is 0.112. The van der Waals surface area contributed by atoms with E-state index in [9.17, 15) is 4.79 Å². The Morgan fingerprint density at radius 2 is 1.50 bits per heavy atom. The molecule has 82 valence electrons. The SMILES string of the molecule is O=Cc1cncnc1.OCc1cncnc1. The van der Waals surface area contributed by atoms with Crippen LogP contribution in [0.3, 0.4) is 0 Å². The number of aromatic nitrogens is 4. The molecule has 1 N–H and O–H groups in total. The normalized spacial score (nSPS) is 8.81. The number of nitrogens with zero attached hydrogens (tertiary/aromatic N) is 4. The molecule has 2 aromatic rings. The van der Waals surface area contributed by atoms with Gasteiger partial charge in [0.1, 0.15) is 12.7 Å². The molecule has 2 aromatic heterocycles. The van der Waals surface area contributed by atoms with Crippen molar-refractivity contribution in [2.45, 2.75) is 6.61 Å². The predicted molar refractivity (Wildman–Crippen MR) is 55.4 cm³/mol. The molecule has 0 spiro atoms. The summed E-state index contributed by atoms with van der Waals surface area (Å²) >= 11 is 0. The first-order valence-corrected chi connectivity index (χ1v) is 4.41. The zero-order chi connectivity index (χ0) is 11.6. The summed E-state index contributed by atoms with van der Waals surface area (Å²) in [7, 11) is 0. The van der Waals surface area contributed by atoms with Gasteiger partial charge in [0, 0.05) is 30.4 Å². The number of carbonyl (C=O) groups excluding carboxylic acids is 1. The van der Waals surface area contributed by atoms with Gasteiger partial charge < -0.3 is 5.11 Å². The first-order valence-electron chi connectivity index (χ1n) is 4.41. The van der Waals surface area contributed by atoms with Crippen molar-refractivity contribution in [1.29, 1.82) is 0 Å². The van der Waals surface area contributed by atoms with E-state index in [1.165, 1.54) is 25.0 Å². The van der Waals surface area contributed by atoms with E-state index in [1.807, 2.05) is 0 Å². The van der Waals surface area contributed by atoms with E-state index >= 15 is 0 Å². The van der Waals surface area contributed by atoms with Crippen LogP contribution in [0.2, 0.25) is 0 Å². The summed E-state index contributed by atoms with van der Waals surface area (Å²) in [5.41, 5.74) is 1.25. The van der Waals surface area contributed by atoms with E-state index in [1.54, 1.807) is 12.4 Å². The molecule has 0 amide bonds. The van der Waals surface area contributed by atoms with Crippen molar-refractivity contribution >= 4 is 6.29 Å². The lowest BCUT2D eigenvalue weighted by Crippen LogP contribution is -1.84. The minimum absolute atomic E-state index is 0.0147. The van der Waals surface area contributed by atoms with Crippen molar-refractivity contribution in [2.24, 2.45) is 0 Å². The van der Waals surface area contributed by atoms with Gasteiger partial charge in [-0.25, -0.2) is 19.9 Å². The Labute approximate surface area is 92.1 Å². The fourth-order valence-electron chi connectivity index (χ4n) is 0.783. The summed E-state index contributed by atoms with van der Waals surface area (Å²) in [5, 5.41) is 8.46. The Balaban J connectivity index is 0.000000160. The molecule has 6 nitrogen and oxygen atoms in total. The Kier molecular flexibility index (Phi) is 5.29. The quantitative estimate of drug-likeness (QED) is 0.727. The van der Waals surface area contributed by atoms with Gasteiger partial charge in [-0.15, -0.1) is 0 Å². The highest BCUT2D eigenvalue weighted by Gasteiger charge is 1.83. The topological polar surface area (TPSA) is 88.9 Å². The molecule has 0 saturated carbocycles. The maximum Gasteiger partial charge on any atom is 0.153 e. The summed E-state index contributed by atoms with van der Waals surface area (Å²) in [6.07, 6.45) is 9.59. The minimum atomic E-state index is 0.0147. The molecular weight excluding hydrogens is 208 g/mol. The predicted octanol–water partition coefficient (Wildman–Crippen LogP) is 0.258. The highest BCUT2D eigenvalue weighted by molar-refractivity contribution is 5.73. The largest absolute Gasteiger partial charge is 0.392 e. The van der Waals surface area contributed by atoms with Crippen LogP contribution >= 0.6 is 0 Å². The Bertz CT molecular complexity index is 408. The number of aldehydes is 1. The fourth-order valence-corrected chi connectivity index (χ4v) is 0.783. The summed E-state index contributed by atoms with van der Waals surface area (Å²) in [6.45, 7) is 0.0147. The van der Waals surface area contributed by atoms with Gasteiger partial charge in [0.2, 0.25) is 0 Å². The number of hydrogen-bond donors (Lipinski definition) is 1. The van der Waals surface area contributed by atoms with Gasteiger partial charge in [-0.05, 0) is 0 Å². The summed E-state index contributed by atoms with van der Waals surface area (Å²) in [5.74, 6) is 0. The number of aliphatic hydroxyl groups is 1. The van der Waals surface area contributed by atoms with Gasteiger partial charge in [0.25, 0.3) is 0 Å². The maximum atomic E-state index is 9.93. The van der Waals surface area contributed by atoms with Gasteiger partial charge >= 0.3 is 0 Å². The molecule has 0 aliphatic heterocycles.